The molecule has 0 saturated heterocycles. The molecule has 5 heteroatoms. The van der Waals surface area contributed by atoms with Gasteiger partial charge in [-0.05, 0) is 49.4 Å². The molecule has 1 aromatic rings. The summed E-state index contributed by atoms with van der Waals surface area (Å²) < 4.78 is 5.27. The van der Waals surface area contributed by atoms with Gasteiger partial charge in [0.25, 0.3) is 0 Å². The number of amides is 1. The molecule has 25 heavy (non-hydrogen) atoms. The van der Waals surface area contributed by atoms with Crippen LogP contribution >= 0.6 is 11.6 Å². The number of nitrogens with zero attached hydrogens (tertiary/aromatic N) is 2. The highest BCUT2D eigenvalue weighted by molar-refractivity contribution is 6.32. The van der Waals surface area contributed by atoms with Crippen molar-refractivity contribution in [2.45, 2.75) is 44.6 Å². The van der Waals surface area contributed by atoms with E-state index in [4.69, 9.17) is 21.4 Å². The third-order valence-corrected chi connectivity index (χ3v) is 5.96. The molecule has 1 amide bonds. The lowest BCUT2D eigenvalue weighted by molar-refractivity contribution is -0.140. The van der Waals surface area contributed by atoms with Gasteiger partial charge < -0.3 is 4.74 Å². The molecule has 1 saturated carbocycles. The molecular weight excluding hydrogens is 336 g/mol. The molecule has 0 bridgehead atoms. The van der Waals surface area contributed by atoms with E-state index in [1.54, 1.807) is 12.1 Å². The van der Waals surface area contributed by atoms with E-state index in [-0.39, 0.29) is 23.8 Å². The van der Waals surface area contributed by atoms with E-state index in [1.165, 1.54) is 12.8 Å². The van der Waals surface area contributed by atoms with Gasteiger partial charge in [0.05, 0.1) is 29.8 Å². The van der Waals surface area contributed by atoms with Crippen molar-refractivity contribution < 1.29 is 9.53 Å². The van der Waals surface area contributed by atoms with Crippen LogP contribution in [-0.2, 0) is 4.79 Å². The molecule has 0 aromatic heterocycles. The topological polar surface area (TPSA) is 41.9 Å². The first kappa shape index (κ1) is 16.6. The number of hydrazone groups is 1. The maximum absolute atomic E-state index is 13.0. The standard InChI is InChI=1S/C20H23ClN2O2/c1-25-18-11-10-13(12-17(18)21)19-15-8-4-5-9-16(15)20(24)23(22-19)14-6-2-3-7-14/h4-5,10-12,14-16H,2-3,6-9H2,1H3. The molecule has 1 fully saturated rings. The van der Waals surface area contributed by atoms with Crippen LogP contribution in [0.3, 0.4) is 0 Å². The van der Waals surface area contributed by atoms with Crippen LogP contribution in [0.1, 0.15) is 44.1 Å². The Morgan fingerprint density at radius 1 is 1.16 bits per heavy atom. The predicted molar refractivity (Wildman–Crippen MR) is 99.0 cm³/mol. The van der Waals surface area contributed by atoms with Crippen LogP contribution in [0.4, 0.5) is 0 Å². The minimum absolute atomic E-state index is 0.000947. The van der Waals surface area contributed by atoms with E-state index < -0.39 is 0 Å². The van der Waals surface area contributed by atoms with Gasteiger partial charge in [0, 0.05) is 5.92 Å². The van der Waals surface area contributed by atoms with Crippen molar-refractivity contribution in [2.24, 2.45) is 16.9 Å². The Labute approximate surface area is 153 Å². The maximum Gasteiger partial charge on any atom is 0.247 e. The number of rotatable bonds is 3. The molecule has 3 aliphatic rings. The van der Waals surface area contributed by atoms with Gasteiger partial charge in [-0.3, -0.25) is 4.79 Å². The summed E-state index contributed by atoms with van der Waals surface area (Å²) in [5.74, 6) is 0.994. The monoisotopic (exact) mass is 358 g/mol. The van der Waals surface area contributed by atoms with Crippen LogP contribution in [-0.4, -0.2) is 29.8 Å². The quantitative estimate of drug-likeness (QED) is 0.750. The summed E-state index contributed by atoms with van der Waals surface area (Å²) in [4.78, 5) is 13.0. The number of methoxy groups -OCH3 is 1. The van der Waals surface area contributed by atoms with Gasteiger partial charge in [0.15, 0.2) is 0 Å². The van der Waals surface area contributed by atoms with E-state index in [2.05, 4.69) is 12.2 Å². The van der Waals surface area contributed by atoms with Gasteiger partial charge in [-0.15, -0.1) is 0 Å². The summed E-state index contributed by atoms with van der Waals surface area (Å²) in [6.07, 6.45) is 10.4. The first-order valence-corrected chi connectivity index (χ1v) is 9.47. The maximum atomic E-state index is 13.0. The molecule has 2 atom stereocenters. The summed E-state index contributed by atoms with van der Waals surface area (Å²) in [6, 6.07) is 6.05. The third kappa shape index (κ3) is 2.97. The molecule has 2 aliphatic carbocycles. The number of halogens is 1. The molecule has 0 spiro atoms. The molecule has 1 aromatic carbocycles. The fourth-order valence-electron chi connectivity index (χ4n) is 4.31. The van der Waals surface area contributed by atoms with Crippen molar-refractivity contribution in [3.8, 4) is 5.75 Å². The zero-order chi connectivity index (χ0) is 17.4. The highest BCUT2D eigenvalue weighted by Gasteiger charge is 2.42. The summed E-state index contributed by atoms with van der Waals surface area (Å²) in [5, 5.41) is 7.23. The lowest BCUT2D eigenvalue weighted by Gasteiger charge is -2.39. The highest BCUT2D eigenvalue weighted by Crippen LogP contribution is 2.38. The number of benzene rings is 1. The molecule has 4 rings (SSSR count). The number of fused-ring (bicyclic) bond motifs is 1. The molecule has 0 N–H and O–H groups in total. The van der Waals surface area contributed by atoms with Crippen molar-refractivity contribution in [1.82, 2.24) is 5.01 Å². The smallest absolute Gasteiger partial charge is 0.247 e. The van der Waals surface area contributed by atoms with E-state index in [1.807, 2.05) is 18.2 Å². The molecule has 1 heterocycles. The number of carbonyl (C=O) groups excluding carboxylic acids is 1. The molecule has 1 aliphatic heterocycles. The number of hydrogen-bond acceptors (Lipinski definition) is 3. The van der Waals surface area contributed by atoms with Crippen LogP contribution in [0.15, 0.2) is 35.5 Å². The second kappa shape index (κ2) is 6.83. The van der Waals surface area contributed by atoms with Gasteiger partial charge in [-0.1, -0.05) is 36.6 Å². The zero-order valence-corrected chi connectivity index (χ0v) is 15.2. The van der Waals surface area contributed by atoms with Gasteiger partial charge in [0.1, 0.15) is 5.75 Å². The van der Waals surface area contributed by atoms with Crippen LogP contribution in [0.2, 0.25) is 5.02 Å². The lowest BCUT2D eigenvalue weighted by Crippen LogP contribution is -2.48. The predicted octanol–water partition coefficient (Wildman–Crippen LogP) is 4.42. The van der Waals surface area contributed by atoms with E-state index >= 15 is 0 Å². The van der Waals surface area contributed by atoms with Crippen molar-refractivity contribution in [3.63, 3.8) is 0 Å². The van der Waals surface area contributed by atoms with E-state index in [9.17, 15) is 4.79 Å². The Kier molecular flexibility index (Phi) is 4.55. The molecule has 132 valence electrons. The van der Waals surface area contributed by atoms with Gasteiger partial charge in [-0.25, -0.2) is 5.01 Å². The fourth-order valence-corrected chi connectivity index (χ4v) is 4.56. The van der Waals surface area contributed by atoms with Crippen molar-refractivity contribution in [3.05, 3.63) is 40.9 Å². The first-order chi connectivity index (χ1) is 12.2. The van der Waals surface area contributed by atoms with E-state index in [0.717, 1.165) is 37.0 Å². The Morgan fingerprint density at radius 3 is 2.56 bits per heavy atom. The molecular formula is C20H23ClN2O2. The number of hydrogen-bond donors (Lipinski definition) is 0. The SMILES string of the molecule is COc1ccc(C2=NN(C3CCCC3)C(=O)C3CC=CCC23)cc1Cl. The van der Waals surface area contributed by atoms with E-state index in [0.29, 0.717) is 10.8 Å². The minimum Gasteiger partial charge on any atom is -0.495 e. The van der Waals surface area contributed by atoms with Crippen LogP contribution in [0.5, 0.6) is 5.75 Å². The van der Waals surface area contributed by atoms with Gasteiger partial charge in [-0.2, -0.15) is 5.10 Å². The largest absolute Gasteiger partial charge is 0.495 e. The number of ether oxygens (including phenoxy) is 1. The Morgan fingerprint density at radius 2 is 1.88 bits per heavy atom. The fraction of sp³-hybridized carbons (Fsp3) is 0.500. The number of allylic oxidation sites excluding steroid dienone is 2. The van der Waals surface area contributed by atoms with Gasteiger partial charge >= 0.3 is 0 Å². The number of carbonyl (C=O) groups is 1. The normalized spacial score (nSPS) is 26.6. The van der Waals surface area contributed by atoms with Crippen molar-refractivity contribution in [1.29, 1.82) is 0 Å². The Balaban J connectivity index is 1.76. The molecule has 0 radical (unpaired) electrons. The Bertz CT molecular complexity index is 737. The van der Waals surface area contributed by atoms with Crippen molar-refractivity contribution in [2.75, 3.05) is 7.11 Å². The first-order valence-electron chi connectivity index (χ1n) is 9.09. The molecule has 4 nitrogen and oxygen atoms in total. The average molecular weight is 359 g/mol. The molecule has 2 unspecified atom stereocenters. The highest BCUT2D eigenvalue weighted by atomic mass is 35.5. The summed E-state index contributed by atoms with van der Waals surface area (Å²) in [6.45, 7) is 0. The minimum atomic E-state index is -0.000947. The zero-order valence-electron chi connectivity index (χ0n) is 14.5. The van der Waals surface area contributed by atoms with Crippen LogP contribution in [0, 0.1) is 11.8 Å². The van der Waals surface area contributed by atoms with Crippen LogP contribution in [0.25, 0.3) is 0 Å². The van der Waals surface area contributed by atoms with Crippen molar-refractivity contribution >= 4 is 23.2 Å². The second-order valence-corrected chi connectivity index (χ2v) is 7.52. The summed E-state index contributed by atoms with van der Waals surface area (Å²) >= 11 is 6.34. The lowest BCUT2D eigenvalue weighted by atomic mass is 9.76. The average Bonchev–Trinajstić information content (AvgIpc) is 3.17. The second-order valence-electron chi connectivity index (χ2n) is 7.11. The Hall–Kier alpha value is -1.81. The van der Waals surface area contributed by atoms with Crippen LogP contribution < -0.4 is 4.74 Å². The van der Waals surface area contributed by atoms with Gasteiger partial charge in [0.2, 0.25) is 5.91 Å². The summed E-state index contributed by atoms with van der Waals surface area (Å²) in [7, 11) is 1.61. The summed E-state index contributed by atoms with van der Waals surface area (Å²) in [5.41, 5.74) is 1.98. The third-order valence-electron chi connectivity index (χ3n) is 5.66.